The number of anilines is 1. The van der Waals surface area contributed by atoms with Crippen molar-refractivity contribution in [2.24, 2.45) is 0 Å². The Labute approximate surface area is 145 Å². The summed E-state index contributed by atoms with van der Waals surface area (Å²) < 4.78 is 0. The number of thioether (sulfide) groups is 1. The Bertz CT molecular complexity index is 669. The standard InChI is InChI=1S/C17H19ClN2O2S/c1-20(12-5-3-2-4-6-12)16(21)10-15-17(22)19-13-9-11(18)7-8-14(13)23-15/h7-10,12H,2-6H2,1H3,(H,19,22)/b15-10+. The number of benzene rings is 1. The van der Waals surface area contributed by atoms with E-state index in [1.165, 1.54) is 37.1 Å². The van der Waals surface area contributed by atoms with Crippen LogP contribution in [0.25, 0.3) is 0 Å². The molecule has 1 N–H and O–H groups in total. The van der Waals surface area contributed by atoms with Gasteiger partial charge >= 0.3 is 0 Å². The molecular weight excluding hydrogens is 332 g/mol. The van der Waals surface area contributed by atoms with Crippen molar-refractivity contribution in [2.45, 2.75) is 43.0 Å². The molecule has 2 aliphatic rings. The summed E-state index contributed by atoms with van der Waals surface area (Å²) in [5.41, 5.74) is 0.692. The predicted octanol–water partition coefficient (Wildman–Crippen LogP) is 4.06. The summed E-state index contributed by atoms with van der Waals surface area (Å²) in [6.07, 6.45) is 7.13. The molecule has 1 aliphatic carbocycles. The highest BCUT2D eigenvalue weighted by Crippen LogP contribution is 2.39. The van der Waals surface area contributed by atoms with Crippen LogP contribution in [0.1, 0.15) is 32.1 Å². The molecule has 1 saturated carbocycles. The van der Waals surface area contributed by atoms with E-state index < -0.39 is 0 Å². The quantitative estimate of drug-likeness (QED) is 0.818. The van der Waals surface area contributed by atoms with Crippen molar-refractivity contribution in [2.75, 3.05) is 12.4 Å². The van der Waals surface area contributed by atoms with Gasteiger partial charge in [-0.1, -0.05) is 42.6 Å². The number of hydrogen-bond donors (Lipinski definition) is 1. The van der Waals surface area contributed by atoms with Crippen LogP contribution < -0.4 is 5.32 Å². The monoisotopic (exact) mass is 350 g/mol. The lowest BCUT2D eigenvalue weighted by Crippen LogP contribution is -2.37. The molecule has 1 aromatic rings. The van der Waals surface area contributed by atoms with E-state index in [0.29, 0.717) is 15.6 Å². The van der Waals surface area contributed by atoms with Crippen LogP contribution in [0, 0.1) is 0 Å². The Morgan fingerprint density at radius 2 is 2.09 bits per heavy atom. The van der Waals surface area contributed by atoms with Gasteiger partial charge < -0.3 is 10.2 Å². The van der Waals surface area contributed by atoms with Crippen LogP contribution in [-0.4, -0.2) is 29.8 Å². The number of halogens is 1. The van der Waals surface area contributed by atoms with Gasteiger partial charge in [-0.15, -0.1) is 0 Å². The van der Waals surface area contributed by atoms with Crippen LogP contribution in [0.5, 0.6) is 0 Å². The molecule has 1 heterocycles. The zero-order valence-corrected chi connectivity index (χ0v) is 14.5. The molecule has 23 heavy (non-hydrogen) atoms. The first-order valence-electron chi connectivity index (χ1n) is 7.82. The minimum Gasteiger partial charge on any atom is -0.339 e. The maximum absolute atomic E-state index is 12.5. The molecule has 1 aliphatic heterocycles. The van der Waals surface area contributed by atoms with Gasteiger partial charge in [-0.2, -0.15) is 0 Å². The van der Waals surface area contributed by atoms with Crippen LogP contribution in [0.2, 0.25) is 5.02 Å². The summed E-state index contributed by atoms with van der Waals surface area (Å²) in [4.78, 5) is 27.7. The Balaban J connectivity index is 1.75. The summed E-state index contributed by atoms with van der Waals surface area (Å²) in [5, 5.41) is 3.37. The number of nitrogens with one attached hydrogen (secondary N) is 1. The van der Waals surface area contributed by atoms with Crippen molar-refractivity contribution in [1.29, 1.82) is 0 Å². The number of carbonyl (C=O) groups excluding carboxylic acids is 2. The third-order valence-corrected chi connectivity index (χ3v) is 5.69. The second-order valence-corrected chi connectivity index (χ2v) is 7.47. The van der Waals surface area contributed by atoms with Gasteiger partial charge in [-0.05, 0) is 31.0 Å². The minimum absolute atomic E-state index is 0.105. The van der Waals surface area contributed by atoms with Crippen LogP contribution in [0.4, 0.5) is 5.69 Å². The first kappa shape index (κ1) is 16.4. The number of fused-ring (bicyclic) bond motifs is 1. The maximum Gasteiger partial charge on any atom is 0.262 e. The Hall–Kier alpha value is -1.46. The summed E-state index contributed by atoms with van der Waals surface area (Å²) in [6.45, 7) is 0. The lowest BCUT2D eigenvalue weighted by molar-refractivity contribution is -0.127. The zero-order valence-electron chi connectivity index (χ0n) is 13.0. The average Bonchev–Trinajstić information content (AvgIpc) is 2.55. The van der Waals surface area contributed by atoms with Crippen molar-refractivity contribution in [3.63, 3.8) is 0 Å². The fraction of sp³-hybridized carbons (Fsp3) is 0.412. The molecule has 6 heteroatoms. The van der Waals surface area contributed by atoms with E-state index in [-0.39, 0.29) is 17.9 Å². The van der Waals surface area contributed by atoms with E-state index in [0.717, 1.165) is 17.7 Å². The van der Waals surface area contributed by atoms with Crippen molar-refractivity contribution in [3.05, 3.63) is 34.2 Å². The highest BCUT2D eigenvalue weighted by atomic mass is 35.5. The van der Waals surface area contributed by atoms with Crippen molar-refractivity contribution in [1.82, 2.24) is 4.90 Å². The second-order valence-electron chi connectivity index (χ2n) is 5.95. The molecule has 2 amide bonds. The molecular formula is C17H19ClN2O2S. The number of likely N-dealkylation sites (N-methyl/N-ethyl adjacent to an activating group) is 1. The molecule has 0 spiro atoms. The molecule has 0 aromatic heterocycles. The largest absolute Gasteiger partial charge is 0.339 e. The van der Waals surface area contributed by atoms with E-state index in [9.17, 15) is 9.59 Å². The fourth-order valence-corrected chi connectivity index (χ4v) is 4.06. The fourth-order valence-electron chi connectivity index (χ4n) is 2.99. The smallest absolute Gasteiger partial charge is 0.262 e. The Kier molecular flexibility index (Phi) is 4.97. The minimum atomic E-state index is -0.254. The first-order chi connectivity index (χ1) is 11.0. The number of rotatable bonds is 2. The van der Waals surface area contributed by atoms with Gasteiger partial charge in [0.2, 0.25) is 5.91 Å². The molecule has 0 radical (unpaired) electrons. The van der Waals surface area contributed by atoms with Crippen molar-refractivity contribution < 1.29 is 9.59 Å². The SMILES string of the molecule is CN(C(=O)/C=C1/Sc2ccc(Cl)cc2NC1=O)C1CCCCC1. The van der Waals surface area contributed by atoms with Gasteiger partial charge in [-0.3, -0.25) is 9.59 Å². The van der Waals surface area contributed by atoms with E-state index in [2.05, 4.69) is 5.32 Å². The van der Waals surface area contributed by atoms with Crippen LogP contribution in [0.15, 0.2) is 34.1 Å². The van der Waals surface area contributed by atoms with Gasteiger partial charge in [0.25, 0.3) is 5.91 Å². The average molecular weight is 351 g/mol. The summed E-state index contributed by atoms with van der Waals surface area (Å²) in [5.74, 6) is -0.359. The lowest BCUT2D eigenvalue weighted by Gasteiger charge is -2.30. The van der Waals surface area contributed by atoms with Crippen molar-refractivity contribution in [3.8, 4) is 0 Å². The number of carbonyl (C=O) groups is 2. The topological polar surface area (TPSA) is 49.4 Å². The van der Waals surface area contributed by atoms with Gasteiger partial charge in [0, 0.05) is 29.1 Å². The maximum atomic E-state index is 12.5. The van der Waals surface area contributed by atoms with Gasteiger partial charge in [0.15, 0.2) is 0 Å². The van der Waals surface area contributed by atoms with E-state index in [1.54, 1.807) is 17.0 Å². The first-order valence-corrected chi connectivity index (χ1v) is 9.01. The highest BCUT2D eigenvalue weighted by Gasteiger charge is 2.25. The van der Waals surface area contributed by atoms with E-state index in [1.807, 2.05) is 13.1 Å². The Morgan fingerprint density at radius 3 is 2.83 bits per heavy atom. The molecule has 0 bridgehead atoms. The second kappa shape index (κ2) is 6.97. The molecule has 0 saturated heterocycles. The molecule has 3 rings (SSSR count). The highest BCUT2D eigenvalue weighted by molar-refractivity contribution is 8.04. The zero-order chi connectivity index (χ0) is 16.4. The lowest BCUT2D eigenvalue weighted by atomic mass is 9.94. The number of amides is 2. The van der Waals surface area contributed by atoms with Crippen LogP contribution in [0.3, 0.4) is 0 Å². The molecule has 0 unspecified atom stereocenters. The van der Waals surface area contributed by atoms with Gasteiger partial charge in [0.05, 0.1) is 10.6 Å². The van der Waals surface area contributed by atoms with E-state index >= 15 is 0 Å². The van der Waals surface area contributed by atoms with Crippen LogP contribution >= 0.6 is 23.4 Å². The molecule has 122 valence electrons. The number of hydrogen-bond acceptors (Lipinski definition) is 3. The van der Waals surface area contributed by atoms with Gasteiger partial charge in [0.1, 0.15) is 0 Å². The number of nitrogens with zero attached hydrogens (tertiary/aromatic N) is 1. The Morgan fingerprint density at radius 1 is 1.35 bits per heavy atom. The summed E-state index contributed by atoms with van der Waals surface area (Å²) in [7, 11) is 1.83. The molecule has 1 fully saturated rings. The van der Waals surface area contributed by atoms with Crippen molar-refractivity contribution >= 4 is 40.9 Å². The molecule has 1 aromatic carbocycles. The normalized spacial score (nSPS) is 20.1. The third kappa shape index (κ3) is 3.72. The summed E-state index contributed by atoms with van der Waals surface area (Å²) >= 11 is 7.25. The van der Waals surface area contributed by atoms with Gasteiger partial charge in [-0.25, -0.2) is 0 Å². The third-order valence-electron chi connectivity index (χ3n) is 4.36. The van der Waals surface area contributed by atoms with Crippen LogP contribution in [-0.2, 0) is 9.59 Å². The van der Waals surface area contributed by atoms with E-state index in [4.69, 9.17) is 11.6 Å². The molecule has 4 nitrogen and oxygen atoms in total. The predicted molar refractivity (Wildman–Crippen MR) is 93.7 cm³/mol. The molecule has 0 atom stereocenters. The summed E-state index contributed by atoms with van der Waals surface area (Å²) in [6, 6.07) is 5.63.